The summed E-state index contributed by atoms with van der Waals surface area (Å²) in [6.07, 6.45) is 4.76. The molecule has 0 spiro atoms. The number of hydrogen-bond acceptors (Lipinski definition) is 4. The van der Waals surface area contributed by atoms with Gasteiger partial charge in [0.2, 0.25) is 0 Å². The number of fused-ring (bicyclic) bond motifs is 5. The van der Waals surface area contributed by atoms with Crippen molar-refractivity contribution in [2.45, 2.75) is 63.4 Å². The fourth-order valence-corrected chi connectivity index (χ4v) is 6.37. The van der Waals surface area contributed by atoms with E-state index in [1.807, 2.05) is 12.1 Å². The number of aliphatic hydroxyl groups is 1. The summed E-state index contributed by atoms with van der Waals surface area (Å²) < 4.78 is 0. The van der Waals surface area contributed by atoms with Gasteiger partial charge in [-0.05, 0) is 79.5 Å². The van der Waals surface area contributed by atoms with E-state index in [1.165, 1.54) is 11.1 Å². The van der Waals surface area contributed by atoms with Gasteiger partial charge in [-0.3, -0.25) is 9.59 Å². The average molecular weight is 412 g/mol. The third-order valence-corrected chi connectivity index (χ3v) is 8.06. The van der Waals surface area contributed by atoms with Crippen molar-refractivity contribution in [3.8, 4) is 17.6 Å². The van der Waals surface area contributed by atoms with E-state index < -0.39 is 28.9 Å². The number of rotatable bonds is 3. The van der Waals surface area contributed by atoms with E-state index in [1.54, 1.807) is 6.07 Å². The number of carboxylic acid groups (broad SMARTS) is 2. The van der Waals surface area contributed by atoms with Gasteiger partial charge in [0.1, 0.15) is 11.4 Å². The van der Waals surface area contributed by atoms with Crippen molar-refractivity contribution in [1.29, 1.82) is 0 Å². The summed E-state index contributed by atoms with van der Waals surface area (Å²) in [5.74, 6) is 2.69. The van der Waals surface area contributed by atoms with Crippen LogP contribution in [0.25, 0.3) is 0 Å². The Labute approximate surface area is 175 Å². The first-order valence-electron chi connectivity index (χ1n) is 10.7. The Morgan fingerprint density at radius 1 is 1.17 bits per heavy atom. The molecule has 0 radical (unpaired) electrons. The number of hydrogen-bond donors (Lipinski definition) is 4. The molecular formula is C24H28O6. The van der Waals surface area contributed by atoms with Crippen LogP contribution in [0.4, 0.5) is 0 Å². The summed E-state index contributed by atoms with van der Waals surface area (Å²) in [4.78, 5) is 22.2. The largest absolute Gasteiger partial charge is 0.508 e. The van der Waals surface area contributed by atoms with Crippen LogP contribution in [-0.2, 0) is 16.0 Å². The smallest absolute Gasteiger partial charge is 0.318 e. The molecule has 6 heteroatoms. The van der Waals surface area contributed by atoms with Crippen LogP contribution in [0.15, 0.2) is 18.2 Å². The highest BCUT2D eigenvalue weighted by atomic mass is 16.4. The second-order valence-electron chi connectivity index (χ2n) is 9.39. The minimum Gasteiger partial charge on any atom is -0.508 e. The average Bonchev–Trinajstić information content (AvgIpc) is 2.95. The molecule has 0 amide bonds. The van der Waals surface area contributed by atoms with Gasteiger partial charge in [0.15, 0.2) is 5.92 Å². The minimum absolute atomic E-state index is 0.305. The molecule has 4 rings (SSSR count). The predicted octanol–water partition coefficient (Wildman–Crippen LogP) is 3.16. The van der Waals surface area contributed by atoms with Gasteiger partial charge in [0.05, 0.1) is 0 Å². The summed E-state index contributed by atoms with van der Waals surface area (Å²) in [5.41, 5.74) is 0.927. The van der Waals surface area contributed by atoms with Crippen molar-refractivity contribution >= 4 is 11.9 Å². The minimum atomic E-state index is -1.58. The lowest BCUT2D eigenvalue weighted by Gasteiger charge is -2.52. The first kappa shape index (κ1) is 20.7. The van der Waals surface area contributed by atoms with E-state index in [9.17, 15) is 19.8 Å². The van der Waals surface area contributed by atoms with Crippen molar-refractivity contribution in [2.75, 3.05) is 0 Å². The first-order valence-corrected chi connectivity index (χ1v) is 10.7. The number of phenols is 1. The van der Waals surface area contributed by atoms with Gasteiger partial charge in [0, 0.05) is 11.8 Å². The highest BCUT2D eigenvalue weighted by Gasteiger charge is 2.61. The number of aryl methyl sites for hydroxylation is 1. The molecule has 1 aromatic rings. The third kappa shape index (κ3) is 3.16. The Bertz CT molecular complexity index is 929. The van der Waals surface area contributed by atoms with E-state index in [4.69, 9.17) is 10.2 Å². The van der Waals surface area contributed by atoms with Crippen LogP contribution in [-0.4, -0.2) is 38.0 Å². The van der Waals surface area contributed by atoms with Crippen LogP contribution in [0.3, 0.4) is 0 Å². The maximum absolute atomic E-state index is 11.5. The maximum atomic E-state index is 11.5. The lowest BCUT2D eigenvalue weighted by Crippen LogP contribution is -2.50. The molecule has 1 aromatic carbocycles. The molecule has 0 aliphatic heterocycles. The van der Waals surface area contributed by atoms with E-state index in [2.05, 4.69) is 18.8 Å². The Balaban J connectivity index is 1.57. The van der Waals surface area contributed by atoms with Crippen LogP contribution in [0.5, 0.6) is 5.75 Å². The SMILES string of the molecule is C[C@]12CC[C@@H]3c4ccc(O)cc4CC[C@H]3[C@@H]1CC[C@@]2(O)C#CCC(C(=O)O)C(=O)O. The van der Waals surface area contributed by atoms with Crippen molar-refractivity contribution in [3.05, 3.63) is 29.3 Å². The number of benzene rings is 1. The maximum Gasteiger partial charge on any atom is 0.318 e. The van der Waals surface area contributed by atoms with Gasteiger partial charge in [-0.1, -0.05) is 24.8 Å². The van der Waals surface area contributed by atoms with Crippen LogP contribution in [0.2, 0.25) is 0 Å². The Kier molecular flexibility index (Phi) is 5.06. The van der Waals surface area contributed by atoms with E-state index >= 15 is 0 Å². The van der Waals surface area contributed by atoms with Crippen LogP contribution in [0, 0.1) is 35.0 Å². The summed E-state index contributed by atoms with van der Waals surface area (Å²) in [5, 5.41) is 39.3. The normalized spacial score (nSPS) is 34.3. The molecule has 160 valence electrons. The quantitative estimate of drug-likeness (QED) is 0.448. The second kappa shape index (κ2) is 7.31. The molecule has 5 atom stereocenters. The molecule has 0 saturated heterocycles. The lowest BCUT2D eigenvalue weighted by atomic mass is 9.53. The predicted molar refractivity (Wildman–Crippen MR) is 109 cm³/mol. The number of aliphatic carboxylic acids is 2. The number of carbonyl (C=O) groups is 2. The number of aromatic hydroxyl groups is 1. The molecular weight excluding hydrogens is 384 g/mol. The Morgan fingerprint density at radius 2 is 1.90 bits per heavy atom. The summed E-state index contributed by atoms with van der Waals surface area (Å²) in [6, 6.07) is 5.67. The van der Waals surface area contributed by atoms with E-state index in [-0.39, 0.29) is 6.42 Å². The molecule has 30 heavy (non-hydrogen) atoms. The molecule has 3 aliphatic carbocycles. The topological polar surface area (TPSA) is 115 Å². The number of phenolic OH excluding ortho intramolecular Hbond substituents is 1. The van der Waals surface area contributed by atoms with Crippen molar-refractivity contribution in [2.24, 2.45) is 23.2 Å². The van der Waals surface area contributed by atoms with Gasteiger partial charge >= 0.3 is 11.9 Å². The summed E-state index contributed by atoms with van der Waals surface area (Å²) >= 11 is 0. The zero-order chi connectivity index (χ0) is 21.7. The monoisotopic (exact) mass is 412 g/mol. The zero-order valence-electron chi connectivity index (χ0n) is 17.1. The molecule has 6 nitrogen and oxygen atoms in total. The fourth-order valence-electron chi connectivity index (χ4n) is 6.37. The third-order valence-electron chi connectivity index (χ3n) is 8.06. The molecule has 0 unspecified atom stereocenters. The fraction of sp³-hybridized carbons (Fsp3) is 0.583. The second-order valence-corrected chi connectivity index (χ2v) is 9.39. The van der Waals surface area contributed by atoms with Crippen LogP contribution >= 0.6 is 0 Å². The Hall–Kier alpha value is -2.52. The van der Waals surface area contributed by atoms with Crippen molar-refractivity contribution in [1.82, 2.24) is 0 Å². The van der Waals surface area contributed by atoms with Gasteiger partial charge < -0.3 is 20.4 Å². The lowest BCUT2D eigenvalue weighted by molar-refractivity contribution is -0.154. The number of carboxylic acids is 2. The van der Waals surface area contributed by atoms with Gasteiger partial charge in [-0.15, -0.1) is 0 Å². The molecule has 2 saturated carbocycles. The molecule has 0 bridgehead atoms. The standard InChI is InChI=1S/C24H28O6/c1-23-11-8-17-16-7-5-15(25)13-14(16)4-6-18(17)20(23)9-12-24(23,30)10-2-3-19(21(26)27)22(28)29/h5,7,13,17-20,25,30H,3-4,6,8-9,11-12H2,1H3,(H,26,27)(H,28,29)/t17-,18-,20+,23+,24+/m1/s1. The first-order chi connectivity index (χ1) is 14.2. The highest BCUT2D eigenvalue weighted by Crippen LogP contribution is 2.64. The molecule has 0 heterocycles. The van der Waals surface area contributed by atoms with Crippen LogP contribution in [0.1, 0.15) is 62.5 Å². The van der Waals surface area contributed by atoms with E-state index in [0.29, 0.717) is 29.9 Å². The van der Waals surface area contributed by atoms with Gasteiger partial charge in [-0.25, -0.2) is 0 Å². The molecule has 2 fully saturated rings. The zero-order valence-corrected chi connectivity index (χ0v) is 17.1. The summed E-state index contributed by atoms with van der Waals surface area (Å²) in [6.45, 7) is 2.09. The molecule has 4 N–H and O–H groups in total. The van der Waals surface area contributed by atoms with Crippen molar-refractivity contribution in [3.63, 3.8) is 0 Å². The van der Waals surface area contributed by atoms with Crippen LogP contribution < -0.4 is 0 Å². The molecule has 3 aliphatic rings. The van der Waals surface area contributed by atoms with Gasteiger partial charge in [-0.2, -0.15) is 0 Å². The Morgan fingerprint density at radius 3 is 2.60 bits per heavy atom. The van der Waals surface area contributed by atoms with E-state index in [0.717, 1.165) is 32.1 Å². The van der Waals surface area contributed by atoms with Gasteiger partial charge in [0.25, 0.3) is 0 Å². The molecule has 0 aromatic heterocycles. The highest BCUT2D eigenvalue weighted by molar-refractivity contribution is 5.93. The van der Waals surface area contributed by atoms with Crippen molar-refractivity contribution < 1.29 is 30.0 Å². The summed E-state index contributed by atoms with van der Waals surface area (Å²) in [7, 11) is 0.